The molecule has 0 saturated carbocycles. The molecule has 0 aliphatic rings. The molecule has 5 nitrogen and oxygen atoms in total. The van der Waals surface area contributed by atoms with Crippen LogP contribution in [0, 0.1) is 11.3 Å². The van der Waals surface area contributed by atoms with Crippen LogP contribution in [0.1, 0.15) is 32.8 Å². The van der Waals surface area contributed by atoms with Gasteiger partial charge in [-0.2, -0.15) is 0 Å². The minimum Gasteiger partial charge on any atom is -0.481 e. The number of nitrogens with one attached hydrogen (secondary N) is 2. The molecule has 3 N–H and O–H groups in total. The maximum Gasteiger partial charge on any atom is 0.314 e. The van der Waals surface area contributed by atoms with Crippen molar-refractivity contribution in [2.45, 2.75) is 33.6 Å². The van der Waals surface area contributed by atoms with Gasteiger partial charge in [0, 0.05) is 13.1 Å². The molecule has 2 amide bonds. The van der Waals surface area contributed by atoms with E-state index >= 15 is 0 Å². The first-order valence-corrected chi connectivity index (χ1v) is 7.56. The molecule has 1 aromatic carbocycles. The molecule has 1 unspecified atom stereocenters. The predicted molar refractivity (Wildman–Crippen MR) is 86.7 cm³/mol. The number of carboxylic acids is 1. The van der Waals surface area contributed by atoms with Crippen LogP contribution in [-0.2, 0) is 11.2 Å². The molecule has 0 spiro atoms. The van der Waals surface area contributed by atoms with Crippen molar-refractivity contribution in [3.05, 3.63) is 35.9 Å². The highest BCUT2D eigenvalue weighted by Gasteiger charge is 2.27. The van der Waals surface area contributed by atoms with Crippen molar-refractivity contribution in [3.8, 4) is 0 Å². The van der Waals surface area contributed by atoms with Gasteiger partial charge in [-0.3, -0.25) is 4.79 Å². The van der Waals surface area contributed by atoms with E-state index in [1.807, 2.05) is 51.1 Å². The molecular weight excluding hydrogens is 280 g/mol. The van der Waals surface area contributed by atoms with Crippen LogP contribution in [0.4, 0.5) is 4.79 Å². The fourth-order valence-electron chi connectivity index (χ4n) is 2.14. The largest absolute Gasteiger partial charge is 0.481 e. The van der Waals surface area contributed by atoms with Gasteiger partial charge < -0.3 is 15.7 Å². The molecule has 0 aliphatic heterocycles. The Morgan fingerprint density at radius 3 is 2.32 bits per heavy atom. The zero-order chi connectivity index (χ0) is 16.6. The molecule has 0 heterocycles. The summed E-state index contributed by atoms with van der Waals surface area (Å²) in [6.07, 6.45) is 0.819. The van der Waals surface area contributed by atoms with Crippen LogP contribution in [0.3, 0.4) is 0 Å². The number of benzene rings is 1. The summed E-state index contributed by atoms with van der Waals surface area (Å²) in [4.78, 5) is 22.7. The van der Waals surface area contributed by atoms with Crippen LogP contribution in [0.2, 0.25) is 0 Å². The van der Waals surface area contributed by atoms with Crippen LogP contribution in [0.15, 0.2) is 30.3 Å². The Morgan fingerprint density at radius 1 is 1.14 bits per heavy atom. The third-order valence-electron chi connectivity index (χ3n) is 3.70. The summed E-state index contributed by atoms with van der Waals surface area (Å²) >= 11 is 0. The molecule has 0 radical (unpaired) electrons. The summed E-state index contributed by atoms with van der Waals surface area (Å²) in [5.74, 6) is -0.948. The lowest BCUT2D eigenvalue weighted by atomic mass is 9.79. The topological polar surface area (TPSA) is 78.4 Å². The minimum atomic E-state index is -0.841. The Hall–Kier alpha value is -2.04. The third-order valence-corrected chi connectivity index (χ3v) is 3.70. The summed E-state index contributed by atoms with van der Waals surface area (Å²) in [5, 5.41) is 14.5. The molecule has 22 heavy (non-hydrogen) atoms. The lowest BCUT2D eigenvalue weighted by Crippen LogP contribution is -2.42. The van der Waals surface area contributed by atoms with Gasteiger partial charge in [0.15, 0.2) is 0 Å². The molecule has 1 rings (SSSR count). The summed E-state index contributed by atoms with van der Waals surface area (Å²) in [7, 11) is 0. The number of carbonyl (C=O) groups is 2. The summed E-state index contributed by atoms with van der Waals surface area (Å²) < 4.78 is 0. The van der Waals surface area contributed by atoms with Crippen LogP contribution < -0.4 is 10.6 Å². The van der Waals surface area contributed by atoms with Gasteiger partial charge >= 0.3 is 12.0 Å². The smallest absolute Gasteiger partial charge is 0.314 e. The molecule has 5 heteroatoms. The van der Waals surface area contributed by atoms with E-state index in [2.05, 4.69) is 10.6 Å². The molecule has 0 aromatic heterocycles. The SMILES string of the molecule is CC(C)(C)C(CNC(=O)NCCc1ccccc1)CC(=O)O. The fraction of sp³-hybridized carbons (Fsp3) is 0.529. The van der Waals surface area contributed by atoms with Crippen LogP contribution in [0.25, 0.3) is 0 Å². The number of carbonyl (C=O) groups excluding carboxylic acids is 1. The van der Waals surface area contributed by atoms with E-state index in [1.54, 1.807) is 0 Å². The third kappa shape index (κ3) is 7.11. The maximum absolute atomic E-state index is 11.8. The monoisotopic (exact) mass is 306 g/mol. The minimum absolute atomic E-state index is 0.0494. The Kier molecular flexibility index (Phi) is 6.89. The van der Waals surface area contributed by atoms with Gasteiger partial charge in [0.1, 0.15) is 0 Å². The van der Waals surface area contributed by atoms with Crippen molar-refractivity contribution < 1.29 is 14.7 Å². The van der Waals surface area contributed by atoms with E-state index in [-0.39, 0.29) is 23.8 Å². The van der Waals surface area contributed by atoms with Gasteiger partial charge in [-0.1, -0.05) is 51.1 Å². The van der Waals surface area contributed by atoms with Crippen molar-refractivity contribution in [2.75, 3.05) is 13.1 Å². The second-order valence-electron chi connectivity index (χ2n) is 6.53. The van der Waals surface area contributed by atoms with Gasteiger partial charge in [0.05, 0.1) is 6.42 Å². The van der Waals surface area contributed by atoms with E-state index in [0.717, 1.165) is 6.42 Å². The molecule has 122 valence electrons. The number of rotatable bonds is 7. The van der Waals surface area contributed by atoms with Crippen molar-refractivity contribution >= 4 is 12.0 Å². The first-order chi connectivity index (χ1) is 10.3. The van der Waals surface area contributed by atoms with Gasteiger partial charge in [0.25, 0.3) is 0 Å². The van der Waals surface area contributed by atoms with Crippen molar-refractivity contribution in [2.24, 2.45) is 11.3 Å². The van der Waals surface area contributed by atoms with Crippen molar-refractivity contribution in [1.82, 2.24) is 10.6 Å². The van der Waals surface area contributed by atoms with Gasteiger partial charge in [-0.25, -0.2) is 4.79 Å². The predicted octanol–water partition coefficient (Wildman–Crippen LogP) is 2.67. The first-order valence-electron chi connectivity index (χ1n) is 7.56. The first kappa shape index (κ1) is 18.0. The maximum atomic E-state index is 11.8. The molecular formula is C17H26N2O3. The van der Waals surface area contributed by atoms with Gasteiger partial charge in [-0.05, 0) is 23.3 Å². The molecule has 1 aromatic rings. The quantitative estimate of drug-likeness (QED) is 0.724. The summed E-state index contributed by atoms with van der Waals surface area (Å²) in [6, 6.07) is 9.67. The summed E-state index contributed by atoms with van der Waals surface area (Å²) in [5.41, 5.74) is 0.997. The Bertz CT molecular complexity index is 480. The van der Waals surface area contributed by atoms with E-state index in [9.17, 15) is 9.59 Å². The van der Waals surface area contributed by atoms with Crippen LogP contribution in [0.5, 0.6) is 0 Å². The number of urea groups is 1. The number of aliphatic carboxylic acids is 1. The average Bonchev–Trinajstić information content (AvgIpc) is 2.43. The normalized spacial score (nSPS) is 12.5. The van der Waals surface area contributed by atoms with Crippen LogP contribution in [-0.4, -0.2) is 30.2 Å². The molecule has 1 atom stereocenters. The molecule has 0 saturated heterocycles. The number of amides is 2. The second kappa shape index (κ2) is 8.41. The second-order valence-corrected chi connectivity index (χ2v) is 6.53. The van der Waals surface area contributed by atoms with Crippen molar-refractivity contribution in [1.29, 1.82) is 0 Å². The number of hydrogen-bond donors (Lipinski definition) is 3. The fourth-order valence-corrected chi connectivity index (χ4v) is 2.14. The highest BCUT2D eigenvalue weighted by molar-refractivity contribution is 5.74. The van der Waals surface area contributed by atoms with Gasteiger partial charge in [-0.15, -0.1) is 0 Å². The van der Waals surface area contributed by atoms with Crippen LogP contribution >= 0.6 is 0 Å². The zero-order valence-electron chi connectivity index (χ0n) is 13.6. The molecule has 0 fully saturated rings. The number of carboxylic acid groups (broad SMARTS) is 1. The summed E-state index contributed by atoms with van der Waals surface area (Å²) in [6.45, 7) is 6.85. The van der Waals surface area contributed by atoms with E-state index in [1.165, 1.54) is 5.56 Å². The highest BCUT2D eigenvalue weighted by Crippen LogP contribution is 2.28. The van der Waals surface area contributed by atoms with Crippen molar-refractivity contribution in [3.63, 3.8) is 0 Å². The van der Waals surface area contributed by atoms with E-state index in [4.69, 9.17) is 5.11 Å². The highest BCUT2D eigenvalue weighted by atomic mass is 16.4. The molecule has 0 bridgehead atoms. The average molecular weight is 306 g/mol. The van der Waals surface area contributed by atoms with E-state index < -0.39 is 5.97 Å². The lowest BCUT2D eigenvalue weighted by Gasteiger charge is -2.29. The zero-order valence-corrected chi connectivity index (χ0v) is 13.6. The Labute approximate surface area is 132 Å². The molecule has 0 aliphatic carbocycles. The van der Waals surface area contributed by atoms with Gasteiger partial charge in [0.2, 0.25) is 0 Å². The Morgan fingerprint density at radius 2 is 1.77 bits per heavy atom. The van der Waals surface area contributed by atoms with E-state index in [0.29, 0.717) is 13.1 Å². The Balaban J connectivity index is 2.33. The lowest BCUT2D eigenvalue weighted by molar-refractivity contribution is -0.139. The number of hydrogen-bond acceptors (Lipinski definition) is 2. The standard InChI is InChI=1S/C17H26N2O3/c1-17(2,3)14(11-15(20)21)12-19-16(22)18-10-9-13-7-5-4-6-8-13/h4-8,14H,9-12H2,1-3H3,(H,20,21)(H2,18,19,22).